The number of amides is 1. The Morgan fingerprint density at radius 1 is 1.28 bits per heavy atom. The van der Waals surface area contributed by atoms with E-state index in [0.717, 1.165) is 26.1 Å². The highest BCUT2D eigenvalue weighted by Gasteiger charge is 2.25. The first kappa shape index (κ1) is 13.8. The molecule has 2 heterocycles. The van der Waals surface area contributed by atoms with E-state index in [-0.39, 0.29) is 0 Å². The fourth-order valence-corrected chi connectivity index (χ4v) is 2.98. The topological polar surface area (TPSA) is 35.6 Å². The lowest BCUT2D eigenvalue weighted by atomic mass is 9.95. The zero-order chi connectivity index (χ0) is 13.0. The van der Waals surface area contributed by atoms with E-state index in [9.17, 15) is 4.79 Å². The molecule has 0 spiro atoms. The summed E-state index contributed by atoms with van der Waals surface area (Å²) in [6.07, 6.45) is 3.58. The van der Waals surface area contributed by atoms with Gasteiger partial charge in [-0.05, 0) is 58.7 Å². The highest BCUT2D eigenvalue weighted by atomic mass is 16.2. The van der Waals surface area contributed by atoms with Crippen LogP contribution in [0.15, 0.2) is 0 Å². The van der Waals surface area contributed by atoms with Crippen molar-refractivity contribution in [2.45, 2.75) is 39.2 Å². The third-order valence-corrected chi connectivity index (χ3v) is 4.27. The molecular formula is C14H27N3O. The van der Waals surface area contributed by atoms with E-state index in [1.807, 2.05) is 0 Å². The van der Waals surface area contributed by atoms with Gasteiger partial charge in [-0.25, -0.2) is 0 Å². The number of likely N-dealkylation sites (tertiary alicyclic amines) is 1. The first-order chi connectivity index (χ1) is 8.66. The van der Waals surface area contributed by atoms with E-state index in [1.165, 1.54) is 25.9 Å². The molecule has 0 saturated carbocycles. The average Bonchev–Trinajstić information content (AvgIpc) is 2.56. The molecule has 0 aromatic heterocycles. The van der Waals surface area contributed by atoms with E-state index in [4.69, 9.17) is 0 Å². The number of hydrogen-bond donors (Lipinski definition) is 1. The Morgan fingerprint density at radius 3 is 2.67 bits per heavy atom. The molecule has 0 aromatic carbocycles. The fourth-order valence-electron chi connectivity index (χ4n) is 2.98. The van der Waals surface area contributed by atoms with Crippen molar-refractivity contribution < 1.29 is 4.79 Å². The lowest BCUT2D eigenvalue weighted by Crippen LogP contribution is -2.43. The summed E-state index contributed by atoms with van der Waals surface area (Å²) < 4.78 is 0. The van der Waals surface area contributed by atoms with E-state index >= 15 is 0 Å². The summed E-state index contributed by atoms with van der Waals surface area (Å²) >= 11 is 0. The molecule has 1 N–H and O–H groups in total. The van der Waals surface area contributed by atoms with Crippen molar-refractivity contribution >= 4 is 5.91 Å². The molecule has 2 fully saturated rings. The molecule has 0 atom stereocenters. The smallest absolute Gasteiger partial charge is 0.236 e. The number of carbonyl (C=O) groups is 1. The van der Waals surface area contributed by atoms with Crippen LogP contribution in [0.25, 0.3) is 0 Å². The molecule has 0 unspecified atom stereocenters. The van der Waals surface area contributed by atoms with Crippen LogP contribution in [0.1, 0.15) is 33.1 Å². The molecule has 0 radical (unpaired) electrons. The Morgan fingerprint density at radius 2 is 2.00 bits per heavy atom. The number of rotatable bonds is 3. The van der Waals surface area contributed by atoms with Gasteiger partial charge in [0, 0.05) is 19.1 Å². The van der Waals surface area contributed by atoms with Gasteiger partial charge in [-0.2, -0.15) is 0 Å². The molecule has 2 aliphatic rings. The number of nitrogens with zero attached hydrogens (tertiary/aromatic N) is 2. The summed E-state index contributed by atoms with van der Waals surface area (Å²) in [5.41, 5.74) is 0. The Kier molecular flexibility index (Phi) is 5.01. The van der Waals surface area contributed by atoms with Gasteiger partial charge in [-0.15, -0.1) is 0 Å². The molecule has 2 aliphatic heterocycles. The maximum absolute atomic E-state index is 11.9. The van der Waals surface area contributed by atoms with Crippen LogP contribution >= 0.6 is 0 Å². The van der Waals surface area contributed by atoms with Gasteiger partial charge < -0.3 is 15.1 Å². The summed E-state index contributed by atoms with van der Waals surface area (Å²) in [4.78, 5) is 16.5. The van der Waals surface area contributed by atoms with Gasteiger partial charge in [0.15, 0.2) is 0 Å². The predicted octanol–water partition coefficient (Wildman–Crippen LogP) is 0.929. The second kappa shape index (κ2) is 6.53. The summed E-state index contributed by atoms with van der Waals surface area (Å²) in [5, 5.41) is 3.19. The average molecular weight is 253 g/mol. The monoisotopic (exact) mass is 253 g/mol. The maximum Gasteiger partial charge on any atom is 0.236 e. The van der Waals surface area contributed by atoms with Gasteiger partial charge in [0.05, 0.1) is 6.54 Å². The van der Waals surface area contributed by atoms with Crippen molar-refractivity contribution in [1.29, 1.82) is 0 Å². The minimum Gasteiger partial charge on any atom is -0.341 e. The van der Waals surface area contributed by atoms with Crippen LogP contribution in [-0.2, 0) is 4.79 Å². The van der Waals surface area contributed by atoms with Gasteiger partial charge in [0.1, 0.15) is 0 Å². The number of carbonyl (C=O) groups excluding carboxylic acids is 1. The zero-order valence-corrected chi connectivity index (χ0v) is 11.8. The van der Waals surface area contributed by atoms with Gasteiger partial charge in [-0.3, -0.25) is 4.79 Å². The Labute approximate surface area is 111 Å². The molecule has 2 rings (SSSR count). The van der Waals surface area contributed by atoms with E-state index in [1.54, 1.807) is 0 Å². The van der Waals surface area contributed by atoms with Crippen molar-refractivity contribution in [3.63, 3.8) is 0 Å². The van der Waals surface area contributed by atoms with Crippen LogP contribution in [0.5, 0.6) is 0 Å². The molecular weight excluding hydrogens is 226 g/mol. The Bertz CT molecular complexity index is 272. The minimum absolute atomic E-state index is 0.291. The van der Waals surface area contributed by atoms with Crippen LogP contribution in [0, 0.1) is 5.92 Å². The van der Waals surface area contributed by atoms with Crippen molar-refractivity contribution in [1.82, 2.24) is 15.1 Å². The van der Waals surface area contributed by atoms with E-state index in [2.05, 4.69) is 29.0 Å². The van der Waals surface area contributed by atoms with Gasteiger partial charge in [0.25, 0.3) is 0 Å². The molecule has 104 valence electrons. The summed E-state index contributed by atoms with van der Waals surface area (Å²) in [6.45, 7) is 10.4. The highest BCUT2D eigenvalue weighted by Crippen LogP contribution is 2.20. The van der Waals surface area contributed by atoms with E-state index in [0.29, 0.717) is 24.4 Å². The molecule has 4 heteroatoms. The Hall–Kier alpha value is -0.610. The van der Waals surface area contributed by atoms with E-state index < -0.39 is 0 Å². The van der Waals surface area contributed by atoms with Gasteiger partial charge >= 0.3 is 0 Å². The SMILES string of the molecule is CC(C)N1CCC(CN2CCCNCC2=O)CC1. The molecule has 0 aromatic rings. The maximum atomic E-state index is 11.9. The number of piperidine rings is 1. The Balaban J connectivity index is 1.78. The quantitative estimate of drug-likeness (QED) is 0.813. The summed E-state index contributed by atoms with van der Waals surface area (Å²) in [6, 6.07) is 0.662. The third kappa shape index (κ3) is 3.69. The molecule has 2 saturated heterocycles. The van der Waals surface area contributed by atoms with Crippen LogP contribution in [0.4, 0.5) is 0 Å². The lowest BCUT2D eigenvalue weighted by Gasteiger charge is -2.36. The fraction of sp³-hybridized carbons (Fsp3) is 0.929. The van der Waals surface area contributed by atoms with Crippen LogP contribution in [0.2, 0.25) is 0 Å². The zero-order valence-electron chi connectivity index (χ0n) is 11.8. The standard InChI is InChI=1S/C14H27N3O/c1-12(2)16-8-4-13(5-9-16)11-17-7-3-6-15-10-14(17)18/h12-13,15H,3-11H2,1-2H3. The van der Waals surface area contributed by atoms with Gasteiger partial charge in [-0.1, -0.05) is 0 Å². The predicted molar refractivity (Wildman–Crippen MR) is 73.5 cm³/mol. The molecule has 1 amide bonds. The van der Waals surface area contributed by atoms with Crippen molar-refractivity contribution in [2.75, 3.05) is 39.3 Å². The largest absolute Gasteiger partial charge is 0.341 e. The lowest BCUT2D eigenvalue weighted by molar-refractivity contribution is -0.130. The number of nitrogens with one attached hydrogen (secondary N) is 1. The van der Waals surface area contributed by atoms with Crippen LogP contribution in [0.3, 0.4) is 0 Å². The van der Waals surface area contributed by atoms with Crippen LogP contribution in [-0.4, -0.2) is 61.0 Å². The van der Waals surface area contributed by atoms with Crippen molar-refractivity contribution in [2.24, 2.45) is 5.92 Å². The molecule has 0 bridgehead atoms. The summed E-state index contributed by atoms with van der Waals surface area (Å²) in [7, 11) is 0. The summed E-state index contributed by atoms with van der Waals surface area (Å²) in [5.74, 6) is 1.00. The third-order valence-electron chi connectivity index (χ3n) is 4.27. The number of hydrogen-bond acceptors (Lipinski definition) is 3. The van der Waals surface area contributed by atoms with Crippen molar-refractivity contribution in [3.05, 3.63) is 0 Å². The van der Waals surface area contributed by atoms with Gasteiger partial charge in [0.2, 0.25) is 5.91 Å². The van der Waals surface area contributed by atoms with Crippen LogP contribution < -0.4 is 5.32 Å². The first-order valence-corrected chi connectivity index (χ1v) is 7.39. The highest BCUT2D eigenvalue weighted by molar-refractivity contribution is 5.78. The molecule has 4 nitrogen and oxygen atoms in total. The normalized spacial score (nSPS) is 24.6. The molecule has 0 aliphatic carbocycles. The minimum atomic E-state index is 0.291. The second-order valence-electron chi connectivity index (χ2n) is 5.94. The first-order valence-electron chi connectivity index (χ1n) is 7.39. The second-order valence-corrected chi connectivity index (χ2v) is 5.94. The van der Waals surface area contributed by atoms with Crippen molar-refractivity contribution in [3.8, 4) is 0 Å². The molecule has 18 heavy (non-hydrogen) atoms.